The third-order valence-corrected chi connectivity index (χ3v) is 5.08. The molecule has 4 rings (SSSR count). The SMILES string of the molecule is COCCOc1cnccc1-c1[nH]c2c(c1Nc1ccccc1)C(=O)CC(C)C2. The van der Waals surface area contributed by atoms with Gasteiger partial charge in [0.1, 0.15) is 12.4 Å². The van der Waals surface area contributed by atoms with E-state index in [1.165, 1.54) is 0 Å². The molecular weight excluding hydrogens is 366 g/mol. The summed E-state index contributed by atoms with van der Waals surface area (Å²) in [6.45, 7) is 3.02. The van der Waals surface area contributed by atoms with Gasteiger partial charge in [-0.25, -0.2) is 0 Å². The first-order valence-electron chi connectivity index (χ1n) is 9.83. The van der Waals surface area contributed by atoms with E-state index in [4.69, 9.17) is 9.47 Å². The molecule has 6 nitrogen and oxygen atoms in total. The Kier molecular flexibility index (Phi) is 5.62. The Bertz CT molecular complexity index is 998. The molecule has 1 aliphatic carbocycles. The van der Waals surface area contributed by atoms with Crippen LogP contribution in [0.25, 0.3) is 11.3 Å². The first-order chi connectivity index (χ1) is 14.2. The summed E-state index contributed by atoms with van der Waals surface area (Å²) in [7, 11) is 1.64. The second kappa shape index (κ2) is 8.49. The molecule has 0 aliphatic heterocycles. The van der Waals surface area contributed by atoms with Crippen molar-refractivity contribution < 1.29 is 14.3 Å². The number of para-hydroxylation sites is 1. The molecule has 2 N–H and O–H groups in total. The highest BCUT2D eigenvalue weighted by atomic mass is 16.5. The third-order valence-electron chi connectivity index (χ3n) is 5.08. The Balaban J connectivity index is 1.81. The average Bonchev–Trinajstić information content (AvgIpc) is 3.07. The van der Waals surface area contributed by atoms with E-state index in [-0.39, 0.29) is 5.78 Å². The molecule has 1 unspecified atom stereocenters. The van der Waals surface area contributed by atoms with E-state index in [0.717, 1.165) is 40.3 Å². The van der Waals surface area contributed by atoms with E-state index in [2.05, 4.69) is 22.2 Å². The van der Waals surface area contributed by atoms with Crippen LogP contribution in [0, 0.1) is 5.92 Å². The summed E-state index contributed by atoms with van der Waals surface area (Å²) in [6, 6.07) is 11.8. The molecule has 29 heavy (non-hydrogen) atoms. The van der Waals surface area contributed by atoms with Gasteiger partial charge < -0.3 is 19.8 Å². The zero-order chi connectivity index (χ0) is 20.2. The lowest BCUT2D eigenvalue weighted by Gasteiger charge is -2.18. The second-order valence-corrected chi connectivity index (χ2v) is 7.37. The average molecular weight is 391 g/mol. The van der Waals surface area contributed by atoms with Crippen molar-refractivity contribution in [3.05, 3.63) is 60.0 Å². The Morgan fingerprint density at radius 1 is 1.17 bits per heavy atom. The predicted octanol–water partition coefficient (Wildman–Crippen LogP) is 4.61. The maximum atomic E-state index is 12.9. The van der Waals surface area contributed by atoms with Crippen LogP contribution < -0.4 is 10.1 Å². The van der Waals surface area contributed by atoms with Crippen molar-refractivity contribution in [3.8, 4) is 17.0 Å². The Labute approximate surface area is 170 Å². The van der Waals surface area contributed by atoms with Gasteiger partial charge in [0, 0.05) is 36.7 Å². The van der Waals surface area contributed by atoms with Crippen LogP contribution in [0.15, 0.2) is 48.8 Å². The van der Waals surface area contributed by atoms with Gasteiger partial charge in [0.05, 0.1) is 29.7 Å². The molecule has 0 saturated carbocycles. The molecule has 0 saturated heterocycles. The number of hydrogen-bond acceptors (Lipinski definition) is 5. The Hall–Kier alpha value is -3.12. The summed E-state index contributed by atoms with van der Waals surface area (Å²) < 4.78 is 11.0. The van der Waals surface area contributed by atoms with E-state index in [9.17, 15) is 4.79 Å². The largest absolute Gasteiger partial charge is 0.489 e. The van der Waals surface area contributed by atoms with Gasteiger partial charge in [-0.15, -0.1) is 0 Å². The number of carbonyl (C=O) groups excluding carboxylic acids is 1. The number of aromatic nitrogens is 2. The number of methoxy groups -OCH3 is 1. The van der Waals surface area contributed by atoms with Crippen LogP contribution in [-0.4, -0.2) is 36.1 Å². The summed E-state index contributed by atoms with van der Waals surface area (Å²) >= 11 is 0. The maximum Gasteiger partial charge on any atom is 0.167 e. The molecular formula is C23H25N3O3. The number of fused-ring (bicyclic) bond motifs is 1. The van der Waals surface area contributed by atoms with Crippen molar-refractivity contribution in [2.75, 3.05) is 25.6 Å². The lowest BCUT2D eigenvalue weighted by molar-refractivity contribution is 0.0954. The molecule has 1 atom stereocenters. The summed E-state index contributed by atoms with van der Waals surface area (Å²) in [4.78, 5) is 20.6. The van der Waals surface area contributed by atoms with Crippen LogP contribution in [0.2, 0.25) is 0 Å². The van der Waals surface area contributed by atoms with Gasteiger partial charge in [-0.05, 0) is 30.5 Å². The number of nitrogens with zero attached hydrogens (tertiary/aromatic N) is 1. The van der Waals surface area contributed by atoms with E-state index < -0.39 is 0 Å². The number of ketones is 1. The molecule has 0 bridgehead atoms. The summed E-state index contributed by atoms with van der Waals surface area (Å²) in [6.07, 6.45) is 4.83. The lowest BCUT2D eigenvalue weighted by Crippen LogP contribution is -2.17. The molecule has 2 heterocycles. The number of anilines is 2. The molecule has 0 radical (unpaired) electrons. The van der Waals surface area contributed by atoms with Gasteiger partial charge in [-0.3, -0.25) is 9.78 Å². The minimum absolute atomic E-state index is 0.163. The van der Waals surface area contributed by atoms with Crippen LogP contribution in [-0.2, 0) is 11.2 Å². The molecule has 0 amide bonds. The summed E-state index contributed by atoms with van der Waals surface area (Å²) in [5, 5.41) is 3.47. The highest BCUT2D eigenvalue weighted by molar-refractivity contribution is 6.07. The molecule has 1 aromatic carbocycles. The molecule has 150 valence electrons. The number of pyridine rings is 1. The van der Waals surface area contributed by atoms with Gasteiger partial charge in [0.2, 0.25) is 0 Å². The molecule has 0 fully saturated rings. The van der Waals surface area contributed by atoms with Gasteiger partial charge >= 0.3 is 0 Å². The van der Waals surface area contributed by atoms with Crippen LogP contribution in [0.1, 0.15) is 29.4 Å². The molecule has 1 aliphatic rings. The predicted molar refractivity (Wildman–Crippen MR) is 113 cm³/mol. The van der Waals surface area contributed by atoms with E-state index >= 15 is 0 Å². The zero-order valence-corrected chi connectivity index (χ0v) is 16.7. The van der Waals surface area contributed by atoms with Gasteiger partial charge in [-0.2, -0.15) is 0 Å². The molecule has 3 aromatic rings. The van der Waals surface area contributed by atoms with Crippen LogP contribution in [0.3, 0.4) is 0 Å². The van der Waals surface area contributed by atoms with Crippen molar-refractivity contribution in [3.63, 3.8) is 0 Å². The van der Waals surface area contributed by atoms with Crippen molar-refractivity contribution in [2.45, 2.75) is 19.8 Å². The second-order valence-electron chi connectivity index (χ2n) is 7.37. The topological polar surface area (TPSA) is 76.2 Å². The Morgan fingerprint density at radius 2 is 2.00 bits per heavy atom. The van der Waals surface area contributed by atoms with Crippen molar-refractivity contribution in [1.82, 2.24) is 9.97 Å². The molecule has 6 heteroatoms. The smallest absolute Gasteiger partial charge is 0.167 e. The van der Waals surface area contributed by atoms with E-state index in [1.807, 2.05) is 36.4 Å². The van der Waals surface area contributed by atoms with Gasteiger partial charge in [0.15, 0.2) is 5.78 Å². The van der Waals surface area contributed by atoms with E-state index in [1.54, 1.807) is 19.5 Å². The number of carbonyl (C=O) groups is 1. The first-order valence-corrected chi connectivity index (χ1v) is 9.83. The van der Waals surface area contributed by atoms with Crippen LogP contribution >= 0.6 is 0 Å². The molecule has 0 spiro atoms. The quantitative estimate of drug-likeness (QED) is 0.575. The van der Waals surface area contributed by atoms with Gasteiger partial charge in [0.25, 0.3) is 0 Å². The van der Waals surface area contributed by atoms with Crippen LogP contribution in [0.4, 0.5) is 11.4 Å². The number of ether oxygens (including phenoxy) is 2. The van der Waals surface area contributed by atoms with Crippen molar-refractivity contribution in [1.29, 1.82) is 0 Å². The normalized spacial score (nSPS) is 15.8. The van der Waals surface area contributed by atoms with Crippen LogP contribution in [0.5, 0.6) is 5.75 Å². The minimum atomic E-state index is 0.163. The third kappa shape index (κ3) is 4.03. The highest BCUT2D eigenvalue weighted by Gasteiger charge is 2.30. The number of nitrogens with one attached hydrogen (secondary N) is 2. The minimum Gasteiger partial charge on any atom is -0.489 e. The van der Waals surface area contributed by atoms with Crippen molar-refractivity contribution in [2.24, 2.45) is 5.92 Å². The standard InChI is InChI=1S/C23H25N3O3/c1-15-12-18-21(19(27)13-15)23(25-16-6-4-3-5-7-16)22(26-18)17-8-9-24-14-20(17)29-11-10-28-2/h3-9,14-15,25-26H,10-13H2,1-2H3. The number of H-pyrrole nitrogens is 1. The van der Waals surface area contributed by atoms with E-state index in [0.29, 0.717) is 31.3 Å². The number of aromatic amines is 1. The van der Waals surface area contributed by atoms with Gasteiger partial charge in [-0.1, -0.05) is 25.1 Å². The molecule has 2 aromatic heterocycles. The zero-order valence-electron chi connectivity index (χ0n) is 16.7. The lowest BCUT2D eigenvalue weighted by atomic mass is 9.87. The fourth-order valence-electron chi connectivity index (χ4n) is 3.78. The Morgan fingerprint density at radius 3 is 2.79 bits per heavy atom. The number of hydrogen-bond donors (Lipinski definition) is 2. The number of Topliss-reactive ketones (excluding diaryl/α,β-unsaturated/α-hetero) is 1. The maximum absolute atomic E-state index is 12.9. The monoisotopic (exact) mass is 391 g/mol. The first kappa shape index (κ1) is 19.2. The number of rotatable bonds is 7. The highest BCUT2D eigenvalue weighted by Crippen LogP contribution is 2.42. The summed E-state index contributed by atoms with van der Waals surface area (Å²) in [5.41, 5.74) is 5.16. The van der Waals surface area contributed by atoms with Crippen molar-refractivity contribution >= 4 is 17.2 Å². The fraction of sp³-hybridized carbons (Fsp3) is 0.304. The summed E-state index contributed by atoms with van der Waals surface area (Å²) in [5.74, 6) is 1.14. The number of benzene rings is 1. The fourth-order valence-corrected chi connectivity index (χ4v) is 3.78.